The summed E-state index contributed by atoms with van der Waals surface area (Å²) in [6.45, 7) is 2.66. The third-order valence-corrected chi connectivity index (χ3v) is 4.90. The molecule has 21 heavy (non-hydrogen) atoms. The minimum atomic E-state index is 0.0743. The number of aromatic hydroxyl groups is 1. The van der Waals surface area contributed by atoms with Crippen LogP contribution in [0.2, 0.25) is 0 Å². The molecule has 5 heteroatoms. The summed E-state index contributed by atoms with van der Waals surface area (Å²) in [5.74, 6) is 0.278. The van der Waals surface area contributed by atoms with Crippen LogP contribution in [0.15, 0.2) is 23.7 Å². The van der Waals surface area contributed by atoms with Crippen molar-refractivity contribution in [3.05, 3.63) is 39.8 Å². The first-order valence-electron chi connectivity index (χ1n) is 7.17. The molecule has 1 amide bonds. The first kappa shape index (κ1) is 14.1. The number of carbonyl (C=O) groups is 1. The molecule has 0 fully saturated rings. The topological polar surface area (TPSA) is 53.4 Å². The van der Waals surface area contributed by atoms with Gasteiger partial charge >= 0.3 is 0 Å². The standard InChI is InChI=1S/C16H18N2O2S/c1-11-14(21-10-17-11)7-8-15(20)18-9-3-5-12-4-2-6-13(19)16(12)18/h2,4,6,10,19H,3,5,7-9H2,1H3. The number of nitrogens with zero attached hydrogens (tertiary/aromatic N) is 2. The van der Waals surface area contributed by atoms with Gasteiger partial charge < -0.3 is 10.0 Å². The van der Waals surface area contributed by atoms with Gasteiger partial charge in [-0.1, -0.05) is 12.1 Å². The van der Waals surface area contributed by atoms with Crippen LogP contribution in [-0.4, -0.2) is 22.5 Å². The van der Waals surface area contributed by atoms with Crippen molar-refractivity contribution < 1.29 is 9.90 Å². The van der Waals surface area contributed by atoms with Crippen molar-refractivity contribution in [2.75, 3.05) is 11.4 Å². The van der Waals surface area contributed by atoms with E-state index in [1.54, 1.807) is 22.3 Å². The number of hydrogen-bond donors (Lipinski definition) is 1. The van der Waals surface area contributed by atoms with Crippen molar-refractivity contribution in [1.29, 1.82) is 0 Å². The number of anilines is 1. The van der Waals surface area contributed by atoms with Gasteiger partial charge in [0.05, 0.1) is 16.9 Å². The Morgan fingerprint density at radius 3 is 3.10 bits per heavy atom. The SMILES string of the molecule is Cc1ncsc1CCC(=O)N1CCCc2cccc(O)c21. The van der Waals surface area contributed by atoms with Crippen molar-refractivity contribution in [2.45, 2.75) is 32.6 Å². The number of benzene rings is 1. The van der Waals surface area contributed by atoms with Gasteiger partial charge in [0.25, 0.3) is 0 Å². The van der Waals surface area contributed by atoms with E-state index in [4.69, 9.17) is 0 Å². The molecule has 0 aliphatic carbocycles. The van der Waals surface area contributed by atoms with Gasteiger partial charge in [0.2, 0.25) is 5.91 Å². The highest BCUT2D eigenvalue weighted by molar-refractivity contribution is 7.09. The lowest BCUT2D eigenvalue weighted by atomic mass is 10.0. The minimum absolute atomic E-state index is 0.0743. The van der Waals surface area contributed by atoms with E-state index in [0.29, 0.717) is 18.7 Å². The summed E-state index contributed by atoms with van der Waals surface area (Å²) in [6.07, 6.45) is 3.04. The molecular formula is C16H18N2O2S. The van der Waals surface area contributed by atoms with Crippen LogP contribution in [0.5, 0.6) is 5.75 Å². The summed E-state index contributed by atoms with van der Waals surface area (Å²) in [4.78, 5) is 19.6. The summed E-state index contributed by atoms with van der Waals surface area (Å²) >= 11 is 1.60. The van der Waals surface area contributed by atoms with E-state index in [0.717, 1.165) is 35.4 Å². The number of phenols is 1. The molecule has 0 unspecified atom stereocenters. The molecule has 110 valence electrons. The molecule has 2 heterocycles. The monoisotopic (exact) mass is 302 g/mol. The highest BCUT2D eigenvalue weighted by Gasteiger charge is 2.25. The van der Waals surface area contributed by atoms with Crippen LogP contribution in [-0.2, 0) is 17.6 Å². The highest BCUT2D eigenvalue weighted by atomic mass is 32.1. The maximum atomic E-state index is 12.5. The van der Waals surface area contributed by atoms with Gasteiger partial charge in [0.1, 0.15) is 5.75 Å². The first-order valence-corrected chi connectivity index (χ1v) is 8.05. The van der Waals surface area contributed by atoms with Gasteiger partial charge in [-0.2, -0.15) is 0 Å². The molecule has 1 aromatic heterocycles. The molecule has 4 nitrogen and oxygen atoms in total. The zero-order valence-electron chi connectivity index (χ0n) is 12.0. The largest absolute Gasteiger partial charge is 0.506 e. The number of para-hydroxylation sites is 1. The second kappa shape index (κ2) is 5.85. The molecular weight excluding hydrogens is 284 g/mol. The Morgan fingerprint density at radius 2 is 2.33 bits per heavy atom. The Morgan fingerprint density at radius 1 is 1.48 bits per heavy atom. The Labute approximate surface area is 128 Å². The average Bonchev–Trinajstić information content (AvgIpc) is 2.90. The summed E-state index contributed by atoms with van der Waals surface area (Å²) in [6, 6.07) is 5.47. The molecule has 1 aromatic carbocycles. The van der Waals surface area contributed by atoms with Crippen LogP contribution in [0.1, 0.15) is 29.0 Å². The van der Waals surface area contributed by atoms with Crippen molar-refractivity contribution in [3.8, 4) is 5.75 Å². The van der Waals surface area contributed by atoms with E-state index in [1.807, 2.05) is 24.6 Å². The average molecular weight is 302 g/mol. The van der Waals surface area contributed by atoms with E-state index in [2.05, 4.69) is 4.98 Å². The third-order valence-electron chi connectivity index (χ3n) is 3.91. The number of aromatic nitrogens is 1. The predicted octanol–water partition coefficient (Wildman–Crippen LogP) is 3.07. The van der Waals surface area contributed by atoms with Crippen LogP contribution in [0.25, 0.3) is 0 Å². The smallest absolute Gasteiger partial charge is 0.227 e. The molecule has 1 aliphatic heterocycles. The number of carbonyl (C=O) groups excluding carboxylic acids is 1. The number of aryl methyl sites for hydroxylation is 3. The molecule has 1 aliphatic rings. The zero-order valence-corrected chi connectivity index (χ0v) is 12.8. The highest BCUT2D eigenvalue weighted by Crippen LogP contribution is 2.35. The fraction of sp³-hybridized carbons (Fsp3) is 0.375. The fourth-order valence-electron chi connectivity index (χ4n) is 2.80. The van der Waals surface area contributed by atoms with Gasteiger partial charge in [0.15, 0.2) is 0 Å². The summed E-state index contributed by atoms with van der Waals surface area (Å²) in [7, 11) is 0. The summed E-state index contributed by atoms with van der Waals surface area (Å²) in [5.41, 5.74) is 4.59. The van der Waals surface area contributed by atoms with E-state index in [9.17, 15) is 9.90 Å². The van der Waals surface area contributed by atoms with Gasteiger partial charge in [-0.3, -0.25) is 4.79 Å². The lowest BCUT2D eigenvalue weighted by Gasteiger charge is -2.30. The van der Waals surface area contributed by atoms with Crippen LogP contribution in [0.4, 0.5) is 5.69 Å². The molecule has 0 spiro atoms. The minimum Gasteiger partial charge on any atom is -0.506 e. The molecule has 3 rings (SSSR count). The normalized spacial score (nSPS) is 14.0. The third kappa shape index (κ3) is 2.78. The fourth-order valence-corrected chi connectivity index (χ4v) is 3.58. The second-order valence-electron chi connectivity index (χ2n) is 5.29. The number of phenolic OH excluding ortho intramolecular Hbond substituents is 1. The quantitative estimate of drug-likeness (QED) is 0.948. The van der Waals surface area contributed by atoms with Gasteiger partial charge in [-0.05, 0) is 37.8 Å². The Hall–Kier alpha value is -1.88. The van der Waals surface area contributed by atoms with Crippen molar-refractivity contribution in [1.82, 2.24) is 4.98 Å². The van der Waals surface area contributed by atoms with Gasteiger partial charge in [-0.15, -0.1) is 11.3 Å². The van der Waals surface area contributed by atoms with Crippen molar-refractivity contribution >= 4 is 22.9 Å². The number of fused-ring (bicyclic) bond motifs is 1. The number of amides is 1. The molecule has 0 saturated carbocycles. The molecule has 0 bridgehead atoms. The maximum absolute atomic E-state index is 12.5. The van der Waals surface area contributed by atoms with Crippen LogP contribution < -0.4 is 4.90 Å². The Balaban J connectivity index is 1.76. The lowest BCUT2D eigenvalue weighted by molar-refractivity contribution is -0.118. The maximum Gasteiger partial charge on any atom is 0.227 e. The van der Waals surface area contributed by atoms with Crippen LogP contribution >= 0.6 is 11.3 Å². The Bertz CT molecular complexity index is 666. The summed E-state index contributed by atoms with van der Waals surface area (Å²) in [5, 5.41) is 10.1. The van der Waals surface area contributed by atoms with Crippen molar-refractivity contribution in [2.24, 2.45) is 0 Å². The predicted molar refractivity (Wildman–Crippen MR) is 84.0 cm³/mol. The van der Waals surface area contributed by atoms with E-state index in [-0.39, 0.29) is 11.7 Å². The van der Waals surface area contributed by atoms with E-state index in [1.165, 1.54) is 0 Å². The zero-order chi connectivity index (χ0) is 14.8. The number of hydrogen-bond acceptors (Lipinski definition) is 4. The molecule has 2 aromatic rings. The lowest BCUT2D eigenvalue weighted by Crippen LogP contribution is -2.35. The number of thiazole rings is 1. The molecule has 1 N–H and O–H groups in total. The van der Waals surface area contributed by atoms with Crippen molar-refractivity contribution in [3.63, 3.8) is 0 Å². The molecule has 0 saturated heterocycles. The van der Waals surface area contributed by atoms with E-state index >= 15 is 0 Å². The molecule has 0 radical (unpaired) electrons. The Kier molecular flexibility index (Phi) is 3.92. The second-order valence-corrected chi connectivity index (χ2v) is 6.23. The summed E-state index contributed by atoms with van der Waals surface area (Å²) < 4.78 is 0. The van der Waals surface area contributed by atoms with Crippen LogP contribution in [0.3, 0.4) is 0 Å². The van der Waals surface area contributed by atoms with Crippen LogP contribution in [0, 0.1) is 6.92 Å². The van der Waals surface area contributed by atoms with Gasteiger partial charge in [0, 0.05) is 17.8 Å². The number of rotatable bonds is 3. The van der Waals surface area contributed by atoms with E-state index < -0.39 is 0 Å². The van der Waals surface area contributed by atoms with Gasteiger partial charge in [-0.25, -0.2) is 4.98 Å². The first-order chi connectivity index (χ1) is 10.2. The molecule has 0 atom stereocenters.